The first-order valence-corrected chi connectivity index (χ1v) is 6.44. The van der Waals surface area contributed by atoms with E-state index in [1.807, 2.05) is 0 Å². The summed E-state index contributed by atoms with van der Waals surface area (Å²) in [6.45, 7) is 0. The van der Waals surface area contributed by atoms with Crippen LogP contribution in [0.2, 0.25) is 0 Å². The topological polar surface area (TPSA) is 107 Å². The van der Waals surface area contributed by atoms with Crippen LogP contribution in [0.1, 0.15) is 32.1 Å². The summed E-state index contributed by atoms with van der Waals surface area (Å²) in [5.41, 5.74) is 0. The number of ether oxygens (including phenoxy) is 1. The number of carbonyl (C=O) groups is 1. The number of aliphatic hydroxyl groups excluding tert-OH is 4. The molecular formula is C12H20O6. The molecule has 0 bridgehead atoms. The summed E-state index contributed by atoms with van der Waals surface area (Å²) in [6, 6.07) is 0. The van der Waals surface area contributed by atoms with Crippen LogP contribution in [0.15, 0.2) is 0 Å². The fourth-order valence-electron chi connectivity index (χ4n) is 2.74. The van der Waals surface area contributed by atoms with E-state index in [4.69, 9.17) is 4.74 Å². The summed E-state index contributed by atoms with van der Waals surface area (Å²) < 4.78 is 4.81. The number of Topliss-reactive ketones (excluding diaryl/α,β-unsaturated/α-hetero) is 1. The zero-order chi connectivity index (χ0) is 13.3. The Morgan fingerprint density at radius 3 is 2.17 bits per heavy atom. The van der Waals surface area contributed by atoms with E-state index in [1.54, 1.807) is 0 Å². The summed E-state index contributed by atoms with van der Waals surface area (Å²) in [7, 11) is 0. The Hall–Kier alpha value is -0.530. The van der Waals surface area contributed by atoms with Crippen LogP contribution in [0, 0.1) is 5.92 Å². The second-order valence-corrected chi connectivity index (χ2v) is 5.17. The van der Waals surface area contributed by atoms with Gasteiger partial charge >= 0.3 is 0 Å². The molecule has 1 heterocycles. The van der Waals surface area contributed by atoms with Gasteiger partial charge in [0.15, 0.2) is 18.2 Å². The van der Waals surface area contributed by atoms with Crippen molar-refractivity contribution < 1.29 is 30.0 Å². The number of rotatable bonds is 3. The van der Waals surface area contributed by atoms with E-state index in [2.05, 4.69) is 0 Å². The van der Waals surface area contributed by atoms with Gasteiger partial charge in [-0.25, -0.2) is 0 Å². The summed E-state index contributed by atoms with van der Waals surface area (Å²) in [5, 5.41) is 38.1. The van der Waals surface area contributed by atoms with E-state index >= 15 is 0 Å². The molecule has 6 heteroatoms. The van der Waals surface area contributed by atoms with Crippen LogP contribution in [0.3, 0.4) is 0 Å². The highest BCUT2D eigenvalue weighted by Crippen LogP contribution is 2.29. The Bertz CT molecular complexity index is 301. The second kappa shape index (κ2) is 5.63. The van der Waals surface area contributed by atoms with Gasteiger partial charge in [0.2, 0.25) is 0 Å². The van der Waals surface area contributed by atoms with Crippen molar-refractivity contribution in [1.82, 2.24) is 0 Å². The van der Waals surface area contributed by atoms with Gasteiger partial charge in [-0.3, -0.25) is 4.79 Å². The van der Waals surface area contributed by atoms with Gasteiger partial charge in [0.1, 0.15) is 18.3 Å². The molecule has 0 amide bonds. The monoisotopic (exact) mass is 260 g/mol. The molecule has 1 saturated carbocycles. The molecule has 0 radical (unpaired) electrons. The van der Waals surface area contributed by atoms with Gasteiger partial charge in [-0.15, -0.1) is 0 Å². The van der Waals surface area contributed by atoms with Gasteiger partial charge < -0.3 is 25.2 Å². The quantitative estimate of drug-likeness (QED) is 0.515. The molecule has 4 N–H and O–H groups in total. The van der Waals surface area contributed by atoms with Gasteiger partial charge in [0, 0.05) is 0 Å². The Labute approximate surface area is 105 Å². The van der Waals surface area contributed by atoms with E-state index in [0.29, 0.717) is 0 Å². The minimum absolute atomic E-state index is 0.114. The Morgan fingerprint density at radius 2 is 1.67 bits per heavy atom. The first kappa shape index (κ1) is 13.9. The van der Waals surface area contributed by atoms with Crippen molar-refractivity contribution in [2.45, 2.75) is 62.8 Å². The maximum absolute atomic E-state index is 12.0. The minimum atomic E-state index is -1.58. The Kier molecular flexibility index (Phi) is 4.34. The lowest BCUT2D eigenvalue weighted by Crippen LogP contribution is -2.44. The Morgan fingerprint density at radius 1 is 1.06 bits per heavy atom. The lowest BCUT2D eigenvalue weighted by atomic mass is 9.82. The van der Waals surface area contributed by atoms with Crippen molar-refractivity contribution in [2.75, 3.05) is 0 Å². The summed E-state index contributed by atoms with van der Waals surface area (Å²) >= 11 is 0. The maximum atomic E-state index is 12.0. The molecule has 5 atom stereocenters. The molecule has 0 spiro atoms. The first-order chi connectivity index (χ1) is 8.52. The number of carbonyl (C=O) groups excluding carboxylic acids is 1. The van der Waals surface area contributed by atoms with Gasteiger partial charge in [0.05, 0.1) is 0 Å². The molecule has 6 nitrogen and oxygen atoms in total. The van der Waals surface area contributed by atoms with E-state index in [-0.39, 0.29) is 5.92 Å². The van der Waals surface area contributed by atoms with Gasteiger partial charge in [-0.2, -0.15) is 0 Å². The van der Waals surface area contributed by atoms with E-state index in [0.717, 1.165) is 32.1 Å². The van der Waals surface area contributed by atoms with Crippen LogP contribution >= 0.6 is 0 Å². The fraction of sp³-hybridized carbons (Fsp3) is 0.917. The van der Waals surface area contributed by atoms with Crippen molar-refractivity contribution in [1.29, 1.82) is 0 Å². The zero-order valence-corrected chi connectivity index (χ0v) is 10.1. The SMILES string of the molecule is O=C(C(O)C1CCCCC1)[C@H]1OC(O)[C@H](O)[C@H]1O. The molecule has 0 aromatic heterocycles. The van der Waals surface area contributed by atoms with Crippen molar-refractivity contribution in [3.8, 4) is 0 Å². The van der Waals surface area contributed by atoms with Crippen LogP contribution in [0.5, 0.6) is 0 Å². The number of ketones is 1. The standard InChI is InChI=1S/C12H20O6/c13-7(6-4-2-1-3-5-6)8(14)11-9(15)10(16)12(17)18-11/h6-7,9-13,15-17H,1-5H2/t7?,9-,10-,11-,12?/m1/s1. The largest absolute Gasteiger partial charge is 0.387 e. The average molecular weight is 260 g/mol. The van der Waals surface area contributed by atoms with Crippen molar-refractivity contribution in [2.24, 2.45) is 5.92 Å². The van der Waals surface area contributed by atoms with Crippen LogP contribution in [-0.4, -0.2) is 56.9 Å². The number of hydrogen-bond donors (Lipinski definition) is 4. The molecule has 1 saturated heterocycles. The highest BCUT2D eigenvalue weighted by molar-refractivity contribution is 5.88. The normalized spacial score (nSPS) is 39.8. The summed E-state index contributed by atoms with van der Waals surface area (Å²) in [6.07, 6.45) is -2.47. The van der Waals surface area contributed by atoms with Crippen LogP contribution in [0.4, 0.5) is 0 Å². The third-order valence-corrected chi connectivity index (χ3v) is 3.91. The van der Waals surface area contributed by atoms with Crippen molar-refractivity contribution in [3.05, 3.63) is 0 Å². The lowest BCUT2D eigenvalue weighted by Gasteiger charge is -2.27. The van der Waals surface area contributed by atoms with Crippen molar-refractivity contribution >= 4 is 5.78 Å². The molecule has 2 aliphatic rings. The van der Waals surface area contributed by atoms with E-state index < -0.39 is 36.5 Å². The van der Waals surface area contributed by atoms with E-state index in [1.165, 1.54) is 0 Å². The van der Waals surface area contributed by atoms with Crippen LogP contribution < -0.4 is 0 Å². The number of hydrogen-bond acceptors (Lipinski definition) is 6. The average Bonchev–Trinajstić information content (AvgIpc) is 2.66. The molecular weight excluding hydrogens is 240 g/mol. The van der Waals surface area contributed by atoms with Crippen LogP contribution in [-0.2, 0) is 9.53 Å². The summed E-state index contributed by atoms with van der Waals surface area (Å²) in [5.74, 6) is -0.762. The first-order valence-electron chi connectivity index (χ1n) is 6.44. The third-order valence-electron chi connectivity index (χ3n) is 3.91. The predicted molar refractivity (Wildman–Crippen MR) is 60.5 cm³/mol. The highest BCUT2D eigenvalue weighted by atomic mass is 16.6. The van der Waals surface area contributed by atoms with Gasteiger partial charge in [-0.05, 0) is 18.8 Å². The molecule has 2 fully saturated rings. The number of aliphatic hydroxyl groups is 4. The molecule has 104 valence electrons. The second-order valence-electron chi connectivity index (χ2n) is 5.17. The molecule has 1 aliphatic carbocycles. The zero-order valence-electron chi connectivity index (χ0n) is 10.1. The fourth-order valence-corrected chi connectivity index (χ4v) is 2.74. The van der Waals surface area contributed by atoms with Crippen molar-refractivity contribution in [3.63, 3.8) is 0 Å². The maximum Gasteiger partial charge on any atom is 0.193 e. The molecule has 0 aromatic rings. The van der Waals surface area contributed by atoms with E-state index in [9.17, 15) is 25.2 Å². The van der Waals surface area contributed by atoms with Crippen LogP contribution in [0.25, 0.3) is 0 Å². The lowest BCUT2D eigenvalue weighted by molar-refractivity contribution is -0.158. The molecule has 18 heavy (non-hydrogen) atoms. The predicted octanol–water partition coefficient (Wildman–Crippen LogP) is -1.06. The molecule has 0 aromatic carbocycles. The molecule has 1 aliphatic heterocycles. The molecule has 2 unspecified atom stereocenters. The minimum Gasteiger partial charge on any atom is -0.387 e. The van der Waals surface area contributed by atoms with Gasteiger partial charge in [0.25, 0.3) is 0 Å². The highest BCUT2D eigenvalue weighted by Gasteiger charge is 2.48. The third kappa shape index (κ3) is 2.57. The molecule has 2 rings (SSSR count). The van der Waals surface area contributed by atoms with Gasteiger partial charge in [-0.1, -0.05) is 19.3 Å². The summed E-state index contributed by atoms with van der Waals surface area (Å²) in [4.78, 5) is 12.0. The Balaban J connectivity index is 1.98. The smallest absolute Gasteiger partial charge is 0.193 e.